The summed E-state index contributed by atoms with van der Waals surface area (Å²) in [7, 11) is 0. The fraction of sp³-hybridized carbons (Fsp3) is 0.238. The van der Waals surface area contributed by atoms with Gasteiger partial charge in [-0.05, 0) is 42.0 Å². The Balaban J connectivity index is 1.85. The summed E-state index contributed by atoms with van der Waals surface area (Å²) in [4.78, 5) is 28.1. The molecule has 0 saturated heterocycles. The molecule has 1 N–H and O–H groups in total. The second kappa shape index (κ2) is 8.06. The van der Waals surface area contributed by atoms with Gasteiger partial charge >= 0.3 is 12.1 Å². The number of aromatic nitrogens is 3. The quantitative estimate of drug-likeness (QED) is 0.622. The Bertz CT molecular complexity index is 1190. The van der Waals surface area contributed by atoms with Crippen LogP contribution in [0.15, 0.2) is 42.6 Å². The minimum absolute atomic E-state index is 0.0645. The Morgan fingerprint density at radius 3 is 2.44 bits per heavy atom. The maximum Gasteiger partial charge on any atom is 0.471 e. The number of carbonyl (C=O) groups excluding carboxylic acids is 2. The molecule has 0 fully saturated rings. The molecular weight excluding hydrogens is 430 g/mol. The average molecular weight is 447 g/mol. The van der Waals surface area contributed by atoms with Crippen molar-refractivity contribution in [2.75, 3.05) is 11.9 Å². The molecule has 3 heterocycles. The van der Waals surface area contributed by atoms with Gasteiger partial charge in [0.15, 0.2) is 0 Å². The number of carbonyl (C=O) groups is 2. The zero-order valence-electron chi connectivity index (χ0n) is 16.8. The molecule has 0 unspecified atom stereocenters. The third kappa shape index (κ3) is 4.18. The molecule has 32 heavy (non-hydrogen) atoms. The predicted octanol–water partition coefficient (Wildman–Crippen LogP) is 3.61. The molecule has 0 aliphatic carbocycles. The van der Waals surface area contributed by atoms with Gasteiger partial charge in [-0.25, -0.2) is 9.37 Å². The molecule has 1 aliphatic rings. The first-order valence-electron chi connectivity index (χ1n) is 9.59. The van der Waals surface area contributed by atoms with Crippen molar-refractivity contribution in [2.24, 2.45) is 0 Å². The maximum absolute atomic E-state index is 13.5. The van der Waals surface area contributed by atoms with Gasteiger partial charge in [0.25, 0.3) is 0 Å². The van der Waals surface area contributed by atoms with Crippen LogP contribution >= 0.6 is 0 Å². The number of anilines is 1. The first-order valence-corrected chi connectivity index (χ1v) is 9.59. The molecule has 0 radical (unpaired) electrons. The van der Waals surface area contributed by atoms with E-state index < -0.39 is 17.9 Å². The zero-order valence-corrected chi connectivity index (χ0v) is 16.8. The Morgan fingerprint density at radius 2 is 1.78 bits per heavy atom. The lowest BCUT2D eigenvalue weighted by atomic mass is 9.98. The van der Waals surface area contributed by atoms with Gasteiger partial charge in [0, 0.05) is 30.8 Å². The highest BCUT2D eigenvalue weighted by Gasteiger charge is 2.44. The van der Waals surface area contributed by atoms with Crippen molar-refractivity contribution in [1.82, 2.24) is 19.7 Å². The summed E-state index contributed by atoms with van der Waals surface area (Å²) in [5.41, 5.74) is 2.38. The van der Waals surface area contributed by atoms with E-state index in [2.05, 4.69) is 15.4 Å². The van der Waals surface area contributed by atoms with E-state index >= 15 is 0 Å². The Kier molecular flexibility index (Phi) is 5.41. The monoisotopic (exact) mass is 447 g/mol. The lowest BCUT2D eigenvalue weighted by Crippen LogP contribution is -2.45. The van der Waals surface area contributed by atoms with Gasteiger partial charge < -0.3 is 10.2 Å². The summed E-state index contributed by atoms with van der Waals surface area (Å²) >= 11 is 0. The Morgan fingerprint density at radius 1 is 1.06 bits per heavy atom. The molecule has 4 rings (SSSR count). The van der Waals surface area contributed by atoms with Crippen LogP contribution in [0.2, 0.25) is 0 Å². The molecule has 0 spiro atoms. The van der Waals surface area contributed by atoms with Crippen molar-refractivity contribution in [2.45, 2.75) is 26.2 Å². The molecule has 1 aromatic carbocycles. The summed E-state index contributed by atoms with van der Waals surface area (Å²) in [6.07, 6.45) is -3.54. The lowest BCUT2D eigenvalue weighted by molar-refractivity contribution is -0.186. The summed E-state index contributed by atoms with van der Waals surface area (Å²) < 4.78 is 54.1. The van der Waals surface area contributed by atoms with Crippen LogP contribution in [0.1, 0.15) is 12.6 Å². The van der Waals surface area contributed by atoms with E-state index in [4.69, 9.17) is 0 Å². The second-order valence-corrected chi connectivity index (χ2v) is 7.24. The molecule has 0 bridgehead atoms. The van der Waals surface area contributed by atoms with E-state index in [0.717, 1.165) is 4.90 Å². The van der Waals surface area contributed by atoms with E-state index in [9.17, 15) is 27.2 Å². The molecule has 2 aromatic heterocycles. The number of nitrogens with one attached hydrogen (secondary N) is 1. The minimum atomic E-state index is -4.99. The summed E-state index contributed by atoms with van der Waals surface area (Å²) in [5, 5.41) is 7.10. The van der Waals surface area contributed by atoms with Crippen LogP contribution in [-0.2, 0) is 22.7 Å². The first kappa shape index (κ1) is 21.5. The number of hydrogen-bond acceptors (Lipinski definition) is 4. The molecular formula is C21H17F4N5O2. The number of alkyl halides is 3. The van der Waals surface area contributed by atoms with Crippen LogP contribution in [0.25, 0.3) is 22.4 Å². The van der Waals surface area contributed by atoms with E-state index in [-0.39, 0.29) is 31.4 Å². The molecule has 0 saturated carbocycles. The van der Waals surface area contributed by atoms with Gasteiger partial charge in [-0.15, -0.1) is 0 Å². The number of amides is 2. The maximum atomic E-state index is 13.5. The molecule has 7 nitrogen and oxygen atoms in total. The highest BCUT2D eigenvalue weighted by Crippen LogP contribution is 2.37. The van der Waals surface area contributed by atoms with E-state index in [1.165, 1.54) is 37.4 Å². The fourth-order valence-electron chi connectivity index (χ4n) is 3.62. The predicted molar refractivity (Wildman–Crippen MR) is 107 cm³/mol. The van der Waals surface area contributed by atoms with Crippen molar-refractivity contribution in [3.05, 3.63) is 54.1 Å². The van der Waals surface area contributed by atoms with Gasteiger partial charge in [-0.3, -0.25) is 14.3 Å². The smallest absolute Gasteiger partial charge is 0.327 e. The number of nitrogens with zero attached hydrogens (tertiary/aromatic N) is 4. The largest absolute Gasteiger partial charge is 0.471 e. The topological polar surface area (TPSA) is 80.1 Å². The Labute approximate surface area is 179 Å². The van der Waals surface area contributed by atoms with Gasteiger partial charge in [0.1, 0.15) is 17.3 Å². The highest BCUT2D eigenvalue weighted by atomic mass is 19.4. The fourth-order valence-corrected chi connectivity index (χ4v) is 3.62. The summed E-state index contributed by atoms with van der Waals surface area (Å²) in [5.74, 6) is -2.46. The Hall–Kier alpha value is -3.76. The van der Waals surface area contributed by atoms with Crippen molar-refractivity contribution < 1.29 is 27.2 Å². The molecule has 1 aliphatic heterocycles. The number of hydrogen-bond donors (Lipinski definition) is 1. The number of benzene rings is 1. The summed E-state index contributed by atoms with van der Waals surface area (Å²) in [6, 6.07) is 8.74. The van der Waals surface area contributed by atoms with Gasteiger partial charge in [0.2, 0.25) is 5.91 Å². The molecule has 2 amide bonds. The summed E-state index contributed by atoms with van der Waals surface area (Å²) in [6.45, 7) is 0.929. The van der Waals surface area contributed by atoms with Crippen molar-refractivity contribution >= 4 is 17.6 Å². The van der Waals surface area contributed by atoms with Crippen molar-refractivity contribution in [3.8, 4) is 22.4 Å². The van der Waals surface area contributed by atoms with Gasteiger partial charge in [-0.1, -0.05) is 0 Å². The third-order valence-electron chi connectivity index (χ3n) is 4.98. The highest BCUT2D eigenvalue weighted by molar-refractivity contribution is 5.90. The van der Waals surface area contributed by atoms with Crippen LogP contribution in [0.3, 0.4) is 0 Å². The standard InChI is InChI=1S/C21H17F4N5O2/c1-12(31)27-17-10-14(6-7-26-17)18-16-11-29(20(32)21(23,24)25)8-9-30(16)28-19(18)13-2-4-15(22)5-3-13/h2-7,10H,8-9,11H2,1H3,(H,26,27,31). The van der Waals surface area contributed by atoms with Crippen molar-refractivity contribution in [3.63, 3.8) is 0 Å². The van der Waals surface area contributed by atoms with Gasteiger partial charge in [0.05, 0.1) is 18.8 Å². The van der Waals surface area contributed by atoms with Gasteiger partial charge in [-0.2, -0.15) is 18.3 Å². The molecule has 166 valence electrons. The van der Waals surface area contributed by atoms with Crippen LogP contribution in [0, 0.1) is 5.82 Å². The molecule has 3 aromatic rings. The number of halogens is 4. The van der Waals surface area contributed by atoms with Crippen LogP contribution < -0.4 is 5.32 Å². The average Bonchev–Trinajstić information content (AvgIpc) is 3.11. The normalized spacial score (nSPS) is 13.6. The van der Waals surface area contributed by atoms with E-state index in [0.29, 0.717) is 28.1 Å². The molecule has 11 heteroatoms. The number of fused-ring (bicyclic) bond motifs is 1. The van der Waals surface area contributed by atoms with E-state index in [1.54, 1.807) is 16.8 Å². The first-order chi connectivity index (χ1) is 15.1. The van der Waals surface area contributed by atoms with Crippen LogP contribution in [0.5, 0.6) is 0 Å². The SMILES string of the molecule is CC(=O)Nc1cc(-c2c(-c3ccc(F)cc3)nn3c2CN(C(=O)C(F)(F)F)CC3)ccn1. The van der Waals surface area contributed by atoms with Crippen LogP contribution in [0.4, 0.5) is 23.4 Å². The van der Waals surface area contributed by atoms with Crippen LogP contribution in [-0.4, -0.2) is 44.2 Å². The second-order valence-electron chi connectivity index (χ2n) is 7.24. The van der Waals surface area contributed by atoms with Crippen molar-refractivity contribution in [1.29, 1.82) is 0 Å². The van der Waals surface area contributed by atoms with E-state index in [1.807, 2.05) is 0 Å². The third-order valence-corrected chi connectivity index (χ3v) is 4.98. The molecule has 0 atom stereocenters. The lowest BCUT2D eigenvalue weighted by Gasteiger charge is -2.29. The number of rotatable bonds is 3. The zero-order chi connectivity index (χ0) is 23.0. The minimum Gasteiger partial charge on any atom is -0.327 e. The number of pyridine rings is 1.